The van der Waals surface area contributed by atoms with Gasteiger partial charge in [0.25, 0.3) is 0 Å². The van der Waals surface area contributed by atoms with E-state index in [1.807, 2.05) is 54.5 Å². The Morgan fingerprint density at radius 1 is 1.04 bits per heavy atom. The van der Waals surface area contributed by atoms with Crippen molar-refractivity contribution in [3.63, 3.8) is 0 Å². The number of ether oxygens (including phenoxy) is 1. The van der Waals surface area contributed by atoms with Crippen molar-refractivity contribution in [3.05, 3.63) is 55.0 Å². The van der Waals surface area contributed by atoms with Crippen molar-refractivity contribution >= 4 is 11.0 Å². The molecule has 0 fully saturated rings. The van der Waals surface area contributed by atoms with E-state index in [1.54, 1.807) is 7.11 Å². The molecule has 4 aromatic rings. The molecule has 0 atom stereocenters. The minimum absolute atomic E-state index is 0.839. The van der Waals surface area contributed by atoms with Crippen LogP contribution in [0, 0.1) is 0 Å². The van der Waals surface area contributed by atoms with E-state index in [-0.39, 0.29) is 0 Å². The molecule has 0 amide bonds. The van der Waals surface area contributed by atoms with E-state index in [2.05, 4.69) is 27.3 Å². The minimum Gasteiger partial charge on any atom is -0.497 e. The maximum Gasteiger partial charge on any atom is 0.118 e. The van der Waals surface area contributed by atoms with Crippen molar-refractivity contribution in [2.24, 2.45) is 7.05 Å². The standard InChI is InChI=1S/C18H16N4O/c1-22-11-19-16-8-5-13(9-17(16)22)15-10-20-21-18(15)12-3-6-14(23-2)7-4-12/h3-11H,1-2H3,(H,20,21). The van der Waals surface area contributed by atoms with Gasteiger partial charge < -0.3 is 9.30 Å². The number of nitrogens with one attached hydrogen (secondary N) is 1. The Labute approximate surface area is 133 Å². The summed E-state index contributed by atoms with van der Waals surface area (Å²) in [5.41, 5.74) is 6.34. The predicted molar refractivity (Wildman–Crippen MR) is 90.3 cm³/mol. The van der Waals surface area contributed by atoms with Crippen molar-refractivity contribution in [1.82, 2.24) is 19.7 Å². The van der Waals surface area contributed by atoms with Crippen molar-refractivity contribution in [2.45, 2.75) is 0 Å². The minimum atomic E-state index is 0.839. The molecule has 0 unspecified atom stereocenters. The zero-order chi connectivity index (χ0) is 15.8. The fourth-order valence-electron chi connectivity index (χ4n) is 2.78. The molecule has 0 aliphatic carbocycles. The molecule has 2 heterocycles. The van der Waals surface area contributed by atoms with E-state index >= 15 is 0 Å². The molecule has 0 saturated heterocycles. The molecule has 114 valence electrons. The summed E-state index contributed by atoms with van der Waals surface area (Å²) in [5, 5.41) is 7.33. The van der Waals surface area contributed by atoms with Gasteiger partial charge in [0, 0.05) is 18.2 Å². The monoisotopic (exact) mass is 304 g/mol. The number of aromatic amines is 1. The van der Waals surface area contributed by atoms with Crippen LogP contribution in [0.15, 0.2) is 55.0 Å². The second-order valence-electron chi connectivity index (χ2n) is 5.45. The molecule has 0 radical (unpaired) electrons. The largest absolute Gasteiger partial charge is 0.497 e. The van der Waals surface area contributed by atoms with Gasteiger partial charge in [-0.25, -0.2) is 4.98 Å². The summed E-state index contributed by atoms with van der Waals surface area (Å²) in [6.45, 7) is 0. The third-order valence-electron chi connectivity index (χ3n) is 4.05. The first-order valence-corrected chi connectivity index (χ1v) is 7.35. The highest BCUT2D eigenvalue weighted by Crippen LogP contribution is 2.32. The summed E-state index contributed by atoms with van der Waals surface area (Å²) < 4.78 is 7.24. The Bertz CT molecular complexity index is 966. The second-order valence-corrected chi connectivity index (χ2v) is 5.45. The third-order valence-corrected chi connectivity index (χ3v) is 4.05. The molecule has 0 saturated carbocycles. The fourth-order valence-corrected chi connectivity index (χ4v) is 2.78. The summed E-state index contributed by atoms with van der Waals surface area (Å²) in [4.78, 5) is 4.37. The van der Waals surface area contributed by atoms with Gasteiger partial charge in [-0.1, -0.05) is 6.07 Å². The average Bonchev–Trinajstić information content (AvgIpc) is 3.22. The SMILES string of the molecule is COc1ccc(-c2[nH]ncc2-c2ccc3ncn(C)c3c2)cc1. The zero-order valence-corrected chi connectivity index (χ0v) is 12.9. The number of H-pyrrole nitrogens is 1. The predicted octanol–water partition coefficient (Wildman–Crippen LogP) is 3.64. The van der Waals surface area contributed by atoms with Crippen LogP contribution in [-0.4, -0.2) is 26.9 Å². The Morgan fingerprint density at radius 2 is 1.83 bits per heavy atom. The number of hydrogen-bond acceptors (Lipinski definition) is 3. The lowest BCUT2D eigenvalue weighted by Gasteiger charge is -2.06. The highest BCUT2D eigenvalue weighted by molar-refractivity contribution is 5.87. The molecule has 2 aromatic heterocycles. The smallest absolute Gasteiger partial charge is 0.118 e. The quantitative estimate of drug-likeness (QED) is 0.628. The summed E-state index contributed by atoms with van der Waals surface area (Å²) in [5.74, 6) is 0.839. The van der Waals surface area contributed by atoms with Crippen LogP contribution in [0.3, 0.4) is 0 Å². The van der Waals surface area contributed by atoms with Crippen LogP contribution < -0.4 is 4.74 Å². The average molecular weight is 304 g/mol. The number of nitrogens with zero attached hydrogens (tertiary/aromatic N) is 3. The second kappa shape index (κ2) is 5.28. The van der Waals surface area contributed by atoms with E-state index in [0.29, 0.717) is 0 Å². The molecule has 4 rings (SSSR count). The number of aryl methyl sites for hydroxylation is 1. The van der Waals surface area contributed by atoms with Gasteiger partial charge >= 0.3 is 0 Å². The van der Waals surface area contributed by atoms with E-state index < -0.39 is 0 Å². The summed E-state index contributed by atoms with van der Waals surface area (Å²) in [6.07, 6.45) is 3.69. The Kier molecular flexibility index (Phi) is 3.12. The molecule has 0 aliphatic rings. The number of methoxy groups -OCH3 is 1. The molecule has 5 heteroatoms. The lowest BCUT2D eigenvalue weighted by atomic mass is 10.0. The molecule has 23 heavy (non-hydrogen) atoms. The third kappa shape index (κ3) is 2.26. The van der Waals surface area contributed by atoms with Crippen LogP contribution in [0.2, 0.25) is 0 Å². The van der Waals surface area contributed by atoms with Crippen LogP contribution in [0.25, 0.3) is 33.4 Å². The normalized spacial score (nSPS) is 11.0. The molecule has 0 spiro atoms. The van der Waals surface area contributed by atoms with Crippen molar-refractivity contribution in [2.75, 3.05) is 7.11 Å². The first-order chi connectivity index (χ1) is 11.3. The Morgan fingerprint density at radius 3 is 2.61 bits per heavy atom. The Hall–Kier alpha value is -3.08. The molecule has 0 bridgehead atoms. The highest BCUT2D eigenvalue weighted by Gasteiger charge is 2.11. The summed E-state index contributed by atoms with van der Waals surface area (Å²) >= 11 is 0. The van der Waals surface area contributed by atoms with E-state index in [4.69, 9.17) is 4.74 Å². The lowest BCUT2D eigenvalue weighted by Crippen LogP contribution is -1.87. The van der Waals surface area contributed by atoms with Gasteiger partial charge in [0.15, 0.2) is 0 Å². The first kappa shape index (κ1) is 13.6. The van der Waals surface area contributed by atoms with E-state index in [9.17, 15) is 0 Å². The van der Waals surface area contributed by atoms with Crippen LogP contribution in [0.1, 0.15) is 0 Å². The van der Waals surface area contributed by atoms with Gasteiger partial charge in [-0.15, -0.1) is 0 Å². The Balaban J connectivity index is 1.82. The lowest BCUT2D eigenvalue weighted by molar-refractivity contribution is 0.415. The highest BCUT2D eigenvalue weighted by atomic mass is 16.5. The topological polar surface area (TPSA) is 55.7 Å². The number of rotatable bonds is 3. The summed E-state index contributed by atoms with van der Waals surface area (Å²) in [6, 6.07) is 14.2. The van der Waals surface area contributed by atoms with Gasteiger partial charge in [0.2, 0.25) is 0 Å². The van der Waals surface area contributed by atoms with Gasteiger partial charge in [-0.3, -0.25) is 5.10 Å². The number of hydrogen-bond donors (Lipinski definition) is 1. The van der Waals surface area contributed by atoms with E-state index in [0.717, 1.165) is 39.2 Å². The fraction of sp³-hybridized carbons (Fsp3) is 0.111. The zero-order valence-electron chi connectivity index (χ0n) is 12.9. The molecule has 5 nitrogen and oxygen atoms in total. The molecule has 0 aliphatic heterocycles. The van der Waals surface area contributed by atoms with Crippen LogP contribution in [0.4, 0.5) is 0 Å². The van der Waals surface area contributed by atoms with Gasteiger partial charge in [0.1, 0.15) is 5.75 Å². The maximum atomic E-state index is 5.22. The summed E-state index contributed by atoms with van der Waals surface area (Å²) in [7, 11) is 3.67. The van der Waals surface area contributed by atoms with Crippen LogP contribution in [0.5, 0.6) is 5.75 Å². The number of benzene rings is 2. The number of imidazole rings is 1. The van der Waals surface area contributed by atoms with E-state index in [1.165, 1.54) is 0 Å². The van der Waals surface area contributed by atoms with Crippen LogP contribution in [-0.2, 0) is 7.05 Å². The van der Waals surface area contributed by atoms with Gasteiger partial charge in [0.05, 0.1) is 36.4 Å². The van der Waals surface area contributed by atoms with Crippen LogP contribution >= 0.6 is 0 Å². The van der Waals surface area contributed by atoms with Gasteiger partial charge in [-0.2, -0.15) is 5.10 Å². The van der Waals surface area contributed by atoms with Crippen molar-refractivity contribution < 1.29 is 4.74 Å². The van der Waals surface area contributed by atoms with Crippen molar-refractivity contribution in [1.29, 1.82) is 0 Å². The molecular formula is C18H16N4O. The first-order valence-electron chi connectivity index (χ1n) is 7.35. The molecule has 2 aromatic carbocycles. The van der Waals surface area contributed by atoms with Gasteiger partial charge in [-0.05, 0) is 42.0 Å². The van der Waals surface area contributed by atoms with Crippen molar-refractivity contribution in [3.8, 4) is 28.1 Å². The molecule has 1 N–H and O–H groups in total. The number of fused-ring (bicyclic) bond motifs is 1. The molecular weight excluding hydrogens is 288 g/mol. The maximum absolute atomic E-state index is 5.22. The number of aromatic nitrogens is 4.